The number of aromatic nitrogens is 3. The standard InChI is InChI=1S/C18H20N4OS/c1-21(2)12-7-9-22(10-8-12)11-15-19-17(23)16-13-5-3-4-6-14(13)24-18(16)20-15/h7-10H,3-6,11H2,1-2H3/p+1. The molecule has 1 aliphatic rings. The van der Waals surface area contributed by atoms with Crippen molar-refractivity contribution in [3.63, 3.8) is 0 Å². The Bertz CT molecular complexity index is 940. The monoisotopic (exact) mass is 341 g/mol. The van der Waals surface area contributed by atoms with Gasteiger partial charge in [-0.2, -0.15) is 4.57 Å². The van der Waals surface area contributed by atoms with Crippen LogP contribution in [-0.2, 0) is 19.4 Å². The summed E-state index contributed by atoms with van der Waals surface area (Å²) in [5, 5.41) is 0.825. The van der Waals surface area contributed by atoms with Gasteiger partial charge in [-0.15, -0.1) is 11.3 Å². The quantitative estimate of drug-likeness (QED) is 0.744. The van der Waals surface area contributed by atoms with Crippen LogP contribution >= 0.6 is 11.3 Å². The summed E-state index contributed by atoms with van der Waals surface area (Å²) in [6, 6.07) is 4.11. The number of aryl methyl sites for hydroxylation is 2. The van der Waals surface area contributed by atoms with Gasteiger partial charge in [0, 0.05) is 36.8 Å². The first kappa shape index (κ1) is 15.3. The molecule has 3 aromatic heterocycles. The Morgan fingerprint density at radius 2 is 2.00 bits per heavy atom. The van der Waals surface area contributed by atoms with Crippen molar-refractivity contribution in [2.45, 2.75) is 32.2 Å². The molecule has 0 fully saturated rings. The molecule has 0 saturated heterocycles. The molecule has 24 heavy (non-hydrogen) atoms. The van der Waals surface area contributed by atoms with Gasteiger partial charge in [0.2, 0.25) is 6.54 Å². The molecule has 0 aliphatic heterocycles. The molecule has 0 radical (unpaired) electrons. The van der Waals surface area contributed by atoms with Crippen molar-refractivity contribution in [2.75, 3.05) is 19.0 Å². The van der Waals surface area contributed by atoms with E-state index in [4.69, 9.17) is 4.98 Å². The van der Waals surface area contributed by atoms with Gasteiger partial charge in [-0.25, -0.2) is 4.98 Å². The van der Waals surface area contributed by atoms with E-state index < -0.39 is 0 Å². The number of aromatic amines is 1. The van der Waals surface area contributed by atoms with Crippen LogP contribution in [-0.4, -0.2) is 24.1 Å². The van der Waals surface area contributed by atoms with Crippen molar-refractivity contribution in [1.29, 1.82) is 0 Å². The molecule has 6 heteroatoms. The second-order valence-corrected chi connectivity index (χ2v) is 7.61. The van der Waals surface area contributed by atoms with Crippen LogP contribution < -0.4 is 15.0 Å². The number of nitrogens with zero attached hydrogens (tertiary/aromatic N) is 3. The number of anilines is 1. The Morgan fingerprint density at radius 3 is 2.75 bits per heavy atom. The molecule has 0 bridgehead atoms. The molecule has 1 N–H and O–H groups in total. The van der Waals surface area contributed by atoms with Crippen LogP contribution in [0, 0.1) is 0 Å². The fourth-order valence-corrected chi connectivity index (χ4v) is 4.59. The largest absolute Gasteiger partial charge is 0.377 e. The van der Waals surface area contributed by atoms with Crippen LogP contribution in [0.2, 0.25) is 0 Å². The normalized spacial score (nSPS) is 13.9. The van der Waals surface area contributed by atoms with E-state index in [2.05, 4.69) is 22.0 Å². The number of hydrogen-bond donors (Lipinski definition) is 1. The lowest BCUT2D eigenvalue weighted by Gasteiger charge is -2.10. The van der Waals surface area contributed by atoms with Gasteiger partial charge in [-0.05, 0) is 31.2 Å². The van der Waals surface area contributed by atoms with Crippen molar-refractivity contribution in [3.8, 4) is 0 Å². The van der Waals surface area contributed by atoms with Gasteiger partial charge in [-0.1, -0.05) is 0 Å². The molecule has 0 saturated carbocycles. The van der Waals surface area contributed by atoms with Gasteiger partial charge in [0.05, 0.1) is 5.39 Å². The second-order valence-electron chi connectivity index (χ2n) is 6.53. The van der Waals surface area contributed by atoms with Crippen LogP contribution in [0.1, 0.15) is 29.1 Å². The van der Waals surface area contributed by atoms with Crippen molar-refractivity contribution >= 4 is 27.2 Å². The van der Waals surface area contributed by atoms with Gasteiger partial charge in [0.1, 0.15) is 4.83 Å². The summed E-state index contributed by atoms with van der Waals surface area (Å²) < 4.78 is 2.03. The van der Waals surface area contributed by atoms with Crippen LogP contribution in [0.4, 0.5) is 5.69 Å². The number of rotatable bonds is 3. The molecule has 3 heterocycles. The fourth-order valence-electron chi connectivity index (χ4n) is 3.31. The van der Waals surface area contributed by atoms with E-state index in [1.165, 1.54) is 23.3 Å². The zero-order chi connectivity index (χ0) is 16.7. The number of nitrogens with one attached hydrogen (secondary N) is 1. The fraction of sp³-hybridized carbons (Fsp3) is 0.389. The Morgan fingerprint density at radius 1 is 1.25 bits per heavy atom. The zero-order valence-electron chi connectivity index (χ0n) is 14.0. The third kappa shape index (κ3) is 2.71. The Labute approximate surface area is 144 Å². The molecule has 3 aromatic rings. The van der Waals surface area contributed by atoms with Crippen molar-refractivity contribution in [1.82, 2.24) is 9.97 Å². The minimum absolute atomic E-state index is 0.0138. The van der Waals surface area contributed by atoms with Crippen LogP contribution in [0.5, 0.6) is 0 Å². The molecule has 4 rings (SSSR count). The van der Waals surface area contributed by atoms with Gasteiger partial charge in [0.25, 0.3) is 5.56 Å². The first-order valence-electron chi connectivity index (χ1n) is 8.31. The lowest BCUT2D eigenvalue weighted by Crippen LogP contribution is -2.35. The van der Waals surface area contributed by atoms with Crippen LogP contribution in [0.3, 0.4) is 0 Å². The highest BCUT2D eigenvalue weighted by atomic mass is 32.1. The van der Waals surface area contributed by atoms with E-state index in [9.17, 15) is 4.79 Å². The molecular weight excluding hydrogens is 320 g/mol. The van der Waals surface area contributed by atoms with Crippen LogP contribution in [0.15, 0.2) is 29.3 Å². The molecule has 0 aromatic carbocycles. The Hall–Kier alpha value is -2.21. The predicted molar refractivity (Wildman–Crippen MR) is 96.9 cm³/mol. The van der Waals surface area contributed by atoms with Gasteiger partial charge in [-0.3, -0.25) is 4.79 Å². The second kappa shape index (κ2) is 6.02. The Balaban J connectivity index is 1.69. The van der Waals surface area contributed by atoms with E-state index in [1.54, 1.807) is 11.3 Å². The predicted octanol–water partition coefficient (Wildman–Crippen LogP) is 2.27. The van der Waals surface area contributed by atoms with E-state index in [0.29, 0.717) is 12.4 Å². The number of hydrogen-bond acceptors (Lipinski definition) is 4. The SMILES string of the molecule is CN(C)c1cc[n+](Cc2nc3sc4c(c3c(=O)[nH]2)CCCC4)cc1. The number of thiophene rings is 1. The summed E-state index contributed by atoms with van der Waals surface area (Å²) in [5.41, 5.74) is 2.40. The minimum Gasteiger partial charge on any atom is -0.377 e. The topological polar surface area (TPSA) is 52.9 Å². The summed E-state index contributed by atoms with van der Waals surface area (Å²) in [5.74, 6) is 0.716. The third-order valence-electron chi connectivity index (χ3n) is 4.60. The Kier molecular flexibility index (Phi) is 3.84. The average molecular weight is 341 g/mol. The maximum Gasteiger partial charge on any atom is 0.260 e. The molecular formula is C18H21N4OS+. The first-order chi connectivity index (χ1) is 11.6. The minimum atomic E-state index is 0.0138. The summed E-state index contributed by atoms with van der Waals surface area (Å²) in [7, 11) is 4.04. The maximum absolute atomic E-state index is 12.6. The third-order valence-corrected chi connectivity index (χ3v) is 5.78. The van der Waals surface area contributed by atoms with E-state index in [0.717, 1.165) is 28.7 Å². The summed E-state index contributed by atoms with van der Waals surface area (Å²) in [4.78, 5) is 24.6. The van der Waals surface area contributed by atoms with Crippen molar-refractivity contribution < 1.29 is 4.57 Å². The lowest BCUT2D eigenvalue weighted by atomic mass is 9.97. The summed E-state index contributed by atoms with van der Waals surface area (Å²) in [6.45, 7) is 0.571. The highest BCUT2D eigenvalue weighted by Gasteiger charge is 2.20. The summed E-state index contributed by atoms with van der Waals surface area (Å²) >= 11 is 1.70. The summed E-state index contributed by atoms with van der Waals surface area (Å²) in [6.07, 6.45) is 8.52. The lowest BCUT2D eigenvalue weighted by molar-refractivity contribution is -0.689. The smallest absolute Gasteiger partial charge is 0.260 e. The molecule has 1 aliphatic carbocycles. The van der Waals surface area contributed by atoms with Gasteiger partial charge >= 0.3 is 0 Å². The highest BCUT2D eigenvalue weighted by Crippen LogP contribution is 2.33. The molecule has 124 valence electrons. The van der Waals surface area contributed by atoms with Gasteiger partial charge < -0.3 is 9.88 Å². The highest BCUT2D eigenvalue weighted by molar-refractivity contribution is 7.18. The molecule has 0 amide bonds. The molecule has 0 unspecified atom stereocenters. The molecule has 0 atom stereocenters. The van der Waals surface area contributed by atoms with Crippen molar-refractivity contribution in [2.24, 2.45) is 0 Å². The zero-order valence-corrected chi connectivity index (χ0v) is 14.8. The number of pyridine rings is 1. The number of H-pyrrole nitrogens is 1. The molecule has 0 spiro atoms. The van der Waals surface area contributed by atoms with Crippen molar-refractivity contribution in [3.05, 3.63) is 51.1 Å². The average Bonchev–Trinajstić information content (AvgIpc) is 2.94. The molecule has 5 nitrogen and oxygen atoms in total. The van der Waals surface area contributed by atoms with Gasteiger partial charge in [0.15, 0.2) is 18.2 Å². The van der Waals surface area contributed by atoms with E-state index >= 15 is 0 Å². The van der Waals surface area contributed by atoms with E-state index in [-0.39, 0.29) is 5.56 Å². The van der Waals surface area contributed by atoms with Crippen LogP contribution in [0.25, 0.3) is 10.2 Å². The maximum atomic E-state index is 12.6. The van der Waals surface area contributed by atoms with E-state index in [1.807, 2.05) is 31.1 Å². The first-order valence-corrected chi connectivity index (χ1v) is 9.13. The number of fused-ring (bicyclic) bond motifs is 3.